The zero-order chi connectivity index (χ0) is 11.7. The molecule has 0 saturated carbocycles. The summed E-state index contributed by atoms with van der Waals surface area (Å²) in [6.45, 7) is 3.07. The molecule has 0 atom stereocenters. The highest BCUT2D eigenvalue weighted by Gasteiger charge is 2.09. The molecule has 0 bridgehead atoms. The molecule has 1 aromatic heterocycles. The first kappa shape index (κ1) is 10.8. The molecule has 1 aromatic carbocycles. The number of hydrogen-bond acceptors (Lipinski definition) is 4. The van der Waals surface area contributed by atoms with E-state index in [9.17, 15) is 4.79 Å². The Labute approximate surface area is 97.2 Å². The molecule has 0 spiro atoms. The second-order valence-electron chi connectivity index (χ2n) is 3.31. The van der Waals surface area contributed by atoms with Crippen molar-refractivity contribution in [1.82, 2.24) is 9.97 Å². The zero-order valence-electron chi connectivity index (χ0n) is 8.82. The number of aryl methyl sites for hydroxylation is 1. The fourth-order valence-corrected chi connectivity index (χ4v) is 1.71. The van der Waals surface area contributed by atoms with Crippen molar-refractivity contribution in [3.8, 4) is 5.75 Å². The summed E-state index contributed by atoms with van der Waals surface area (Å²) in [5.41, 5.74) is 0.551. The van der Waals surface area contributed by atoms with Crippen LogP contribution < -0.4 is 4.74 Å². The van der Waals surface area contributed by atoms with Gasteiger partial charge < -0.3 is 4.74 Å². The van der Waals surface area contributed by atoms with E-state index in [4.69, 9.17) is 16.3 Å². The monoisotopic (exact) mass is 236 g/mol. The van der Waals surface area contributed by atoms with E-state index in [0.717, 1.165) is 0 Å². The topological polar surface area (TPSA) is 52.1 Å². The second-order valence-corrected chi connectivity index (χ2v) is 3.67. The lowest BCUT2D eigenvalue weighted by molar-refractivity contribution is -0.131. The number of nitrogens with zero attached hydrogens (tertiary/aromatic N) is 2. The van der Waals surface area contributed by atoms with Crippen LogP contribution in [0.15, 0.2) is 18.2 Å². The molecule has 0 N–H and O–H groups in total. The Morgan fingerprint density at radius 2 is 2.12 bits per heavy atom. The number of hydrogen-bond donors (Lipinski definition) is 0. The molecule has 0 aliphatic carbocycles. The van der Waals surface area contributed by atoms with Gasteiger partial charge in [-0.25, -0.2) is 9.97 Å². The average molecular weight is 237 g/mol. The molecule has 0 unspecified atom stereocenters. The lowest BCUT2D eigenvalue weighted by atomic mass is 10.2. The summed E-state index contributed by atoms with van der Waals surface area (Å²) < 4.78 is 5.05. The molecule has 16 heavy (non-hydrogen) atoms. The number of para-hydroxylation sites is 1. The number of esters is 1. The first-order valence-electron chi connectivity index (χ1n) is 4.69. The molecule has 1 heterocycles. The Hall–Kier alpha value is -1.68. The molecule has 0 radical (unpaired) electrons. The third-order valence-corrected chi connectivity index (χ3v) is 2.30. The summed E-state index contributed by atoms with van der Waals surface area (Å²) in [4.78, 5) is 19.2. The van der Waals surface area contributed by atoms with Gasteiger partial charge in [0.05, 0.1) is 0 Å². The SMILES string of the molecule is CC(=O)Oc1cccc2c(Cl)nc(C)nc12. The number of rotatable bonds is 1. The highest BCUT2D eigenvalue weighted by Crippen LogP contribution is 2.27. The predicted octanol–water partition coefficient (Wildman–Crippen LogP) is 2.52. The van der Waals surface area contributed by atoms with Crippen LogP contribution in [0, 0.1) is 6.92 Å². The molecule has 4 nitrogen and oxygen atoms in total. The third-order valence-electron chi connectivity index (χ3n) is 2.01. The first-order chi connectivity index (χ1) is 7.58. The van der Waals surface area contributed by atoms with E-state index in [1.165, 1.54) is 6.92 Å². The summed E-state index contributed by atoms with van der Waals surface area (Å²) in [5, 5.41) is 1.03. The van der Waals surface area contributed by atoms with Crippen molar-refractivity contribution in [2.24, 2.45) is 0 Å². The Balaban J connectivity index is 2.71. The predicted molar refractivity (Wildman–Crippen MR) is 60.6 cm³/mol. The molecule has 5 heteroatoms. The van der Waals surface area contributed by atoms with E-state index in [-0.39, 0.29) is 5.97 Å². The Kier molecular flexibility index (Phi) is 2.75. The molecule has 0 saturated heterocycles. The number of carbonyl (C=O) groups excluding carboxylic acids is 1. The maximum Gasteiger partial charge on any atom is 0.308 e. The summed E-state index contributed by atoms with van der Waals surface area (Å²) in [6.07, 6.45) is 0. The molecule has 0 amide bonds. The van der Waals surface area contributed by atoms with Gasteiger partial charge in [-0.1, -0.05) is 17.7 Å². The van der Waals surface area contributed by atoms with Gasteiger partial charge in [0.2, 0.25) is 0 Å². The maximum atomic E-state index is 10.9. The lowest BCUT2D eigenvalue weighted by Crippen LogP contribution is -2.03. The summed E-state index contributed by atoms with van der Waals surface area (Å²) in [6, 6.07) is 5.20. The van der Waals surface area contributed by atoms with Crippen LogP contribution in [0.5, 0.6) is 5.75 Å². The molecular weight excluding hydrogens is 228 g/mol. The van der Waals surface area contributed by atoms with Crippen LogP contribution in [0.1, 0.15) is 12.7 Å². The molecule has 2 aromatic rings. The Bertz CT molecular complexity index is 569. The van der Waals surface area contributed by atoms with E-state index in [1.807, 2.05) is 0 Å². The van der Waals surface area contributed by atoms with Crippen LogP contribution in [-0.2, 0) is 4.79 Å². The van der Waals surface area contributed by atoms with Crippen molar-refractivity contribution < 1.29 is 9.53 Å². The third kappa shape index (κ3) is 1.97. The van der Waals surface area contributed by atoms with Gasteiger partial charge in [0.1, 0.15) is 16.5 Å². The first-order valence-corrected chi connectivity index (χ1v) is 5.07. The van der Waals surface area contributed by atoms with Gasteiger partial charge in [0, 0.05) is 12.3 Å². The van der Waals surface area contributed by atoms with Gasteiger partial charge in [-0.3, -0.25) is 4.79 Å². The Morgan fingerprint density at radius 1 is 1.38 bits per heavy atom. The van der Waals surface area contributed by atoms with Gasteiger partial charge in [0.25, 0.3) is 0 Å². The Morgan fingerprint density at radius 3 is 2.81 bits per heavy atom. The average Bonchev–Trinajstić information content (AvgIpc) is 2.18. The highest BCUT2D eigenvalue weighted by atomic mass is 35.5. The number of aromatic nitrogens is 2. The van der Waals surface area contributed by atoms with Gasteiger partial charge in [-0.2, -0.15) is 0 Å². The van der Waals surface area contributed by atoms with E-state index in [2.05, 4.69) is 9.97 Å². The maximum absolute atomic E-state index is 10.9. The van der Waals surface area contributed by atoms with Crippen molar-refractivity contribution in [1.29, 1.82) is 0 Å². The van der Waals surface area contributed by atoms with Gasteiger partial charge >= 0.3 is 5.97 Å². The molecule has 82 valence electrons. The largest absolute Gasteiger partial charge is 0.424 e. The smallest absolute Gasteiger partial charge is 0.308 e. The summed E-state index contributed by atoms with van der Waals surface area (Å²) in [5.74, 6) is 0.550. The van der Waals surface area contributed by atoms with Crippen molar-refractivity contribution in [2.45, 2.75) is 13.8 Å². The number of ether oxygens (including phenoxy) is 1. The van der Waals surface area contributed by atoms with Gasteiger partial charge in [-0.05, 0) is 19.1 Å². The number of halogens is 1. The molecule has 0 fully saturated rings. The fourth-order valence-electron chi connectivity index (χ4n) is 1.43. The van der Waals surface area contributed by atoms with Crippen molar-refractivity contribution in [3.63, 3.8) is 0 Å². The highest BCUT2D eigenvalue weighted by molar-refractivity contribution is 6.34. The minimum absolute atomic E-state index is 0.358. The van der Waals surface area contributed by atoms with E-state index >= 15 is 0 Å². The molecule has 2 rings (SSSR count). The van der Waals surface area contributed by atoms with Crippen molar-refractivity contribution in [2.75, 3.05) is 0 Å². The fraction of sp³-hybridized carbons (Fsp3) is 0.182. The van der Waals surface area contributed by atoms with E-state index < -0.39 is 0 Å². The van der Waals surface area contributed by atoms with Gasteiger partial charge in [-0.15, -0.1) is 0 Å². The number of fused-ring (bicyclic) bond motifs is 1. The van der Waals surface area contributed by atoms with Crippen molar-refractivity contribution >= 4 is 28.5 Å². The summed E-state index contributed by atoms with van der Waals surface area (Å²) in [7, 11) is 0. The van der Waals surface area contributed by atoms with Crippen LogP contribution in [0.2, 0.25) is 5.15 Å². The van der Waals surface area contributed by atoms with Crippen LogP contribution in [0.25, 0.3) is 10.9 Å². The zero-order valence-corrected chi connectivity index (χ0v) is 9.58. The van der Waals surface area contributed by atoms with Crippen LogP contribution in [0.3, 0.4) is 0 Å². The lowest BCUT2D eigenvalue weighted by Gasteiger charge is -2.06. The van der Waals surface area contributed by atoms with Crippen molar-refractivity contribution in [3.05, 3.63) is 29.2 Å². The number of carbonyl (C=O) groups is 1. The van der Waals surface area contributed by atoms with Crippen LogP contribution in [0.4, 0.5) is 0 Å². The molecular formula is C11H9ClN2O2. The number of benzene rings is 1. The standard InChI is InChI=1S/C11H9ClN2O2/c1-6-13-10-8(11(12)14-6)4-3-5-9(10)16-7(2)15/h3-5H,1-2H3. The summed E-state index contributed by atoms with van der Waals surface area (Å²) >= 11 is 5.98. The molecule has 0 aliphatic heterocycles. The van der Waals surface area contributed by atoms with E-state index in [1.54, 1.807) is 25.1 Å². The molecule has 0 aliphatic rings. The normalized spacial score (nSPS) is 10.4. The second kappa shape index (κ2) is 4.06. The van der Waals surface area contributed by atoms with Crippen LogP contribution in [-0.4, -0.2) is 15.9 Å². The quantitative estimate of drug-likeness (QED) is 0.434. The van der Waals surface area contributed by atoms with Crippen LogP contribution >= 0.6 is 11.6 Å². The minimum atomic E-state index is -0.389. The van der Waals surface area contributed by atoms with Gasteiger partial charge in [0.15, 0.2) is 5.75 Å². The minimum Gasteiger partial charge on any atom is -0.424 e. The van der Waals surface area contributed by atoms with E-state index in [0.29, 0.717) is 27.6 Å².